The fourth-order valence-corrected chi connectivity index (χ4v) is 7.06. The zero-order chi connectivity index (χ0) is 26.5. The van der Waals surface area contributed by atoms with Crippen LogP contribution in [0.4, 0.5) is 22.7 Å². The highest BCUT2D eigenvalue weighted by molar-refractivity contribution is 5.85. The maximum absolute atomic E-state index is 3.54. The Morgan fingerprint density at radius 1 is 0.775 bits per heavy atom. The fourth-order valence-electron chi connectivity index (χ4n) is 7.06. The molecule has 3 atom stereocenters. The van der Waals surface area contributed by atoms with E-state index in [9.17, 15) is 0 Å². The molecule has 1 aliphatic heterocycles. The molecule has 3 unspecified atom stereocenters. The van der Waals surface area contributed by atoms with Gasteiger partial charge in [-0.1, -0.05) is 90.7 Å². The third-order valence-corrected chi connectivity index (χ3v) is 9.00. The molecule has 8 rings (SSSR count). The molecule has 194 valence electrons. The largest absolute Gasteiger partial charge is 0.334 e. The third-order valence-electron chi connectivity index (χ3n) is 9.00. The van der Waals surface area contributed by atoms with E-state index in [-0.39, 0.29) is 6.04 Å². The van der Waals surface area contributed by atoms with Crippen LogP contribution in [0.2, 0.25) is 0 Å². The van der Waals surface area contributed by atoms with Crippen molar-refractivity contribution < 1.29 is 0 Å². The molecular weight excluding hydrogens is 484 g/mol. The van der Waals surface area contributed by atoms with Crippen LogP contribution in [0, 0.1) is 11.8 Å². The Kier molecular flexibility index (Phi) is 5.63. The van der Waals surface area contributed by atoms with Gasteiger partial charge in [-0.3, -0.25) is 0 Å². The van der Waals surface area contributed by atoms with Crippen LogP contribution in [0.5, 0.6) is 0 Å². The van der Waals surface area contributed by atoms with Crippen LogP contribution in [-0.2, 0) is 6.42 Å². The summed E-state index contributed by atoms with van der Waals surface area (Å²) in [5, 5.41) is 0. The first-order valence-corrected chi connectivity index (χ1v) is 14.6. The average molecular weight is 517 g/mol. The molecule has 0 saturated heterocycles. The van der Waals surface area contributed by atoms with Gasteiger partial charge in [0.25, 0.3) is 0 Å². The van der Waals surface area contributed by atoms with Gasteiger partial charge in [0.05, 0.1) is 12.1 Å². The molecule has 3 aliphatic carbocycles. The van der Waals surface area contributed by atoms with Gasteiger partial charge in [-0.25, -0.2) is 0 Å². The van der Waals surface area contributed by atoms with Gasteiger partial charge in [-0.15, -0.1) is 0 Å². The molecule has 1 heterocycles. The van der Waals surface area contributed by atoms with Gasteiger partial charge in [0.15, 0.2) is 0 Å². The molecule has 0 saturated carbocycles. The Hall–Kier alpha value is -4.48. The van der Waals surface area contributed by atoms with Crippen LogP contribution < -0.4 is 9.80 Å². The number of benzene rings is 4. The lowest BCUT2D eigenvalue weighted by molar-refractivity contribution is 0.573. The molecule has 0 radical (unpaired) electrons. The van der Waals surface area contributed by atoms with Crippen LogP contribution >= 0.6 is 0 Å². The second-order valence-corrected chi connectivity index (χ2v) is 11.3. The van der Waals surface area contributed by atoms with Gasteiger partial charge in [0.2, 0.25) is 0 Å². The highest BCUT2D eigenvalue weighted by atomic mass is 15.2. The van der Waals surface area contributed by atoms with E-state index in [0.717, 1.165) is 19.3 Å². The van der Waals surface area contributed by atoms with Crippen molar-refractivity contribution in [1.29, 1.82) is 0 Å². The normalized spacial score (nSPS) is 21.5. The highest BCUT2D eigenvalue weighted by Crippen LogP contribution is 2.50. The number of hydrogen-bond donors (Lipinski definition) is 0. The van der Waals surface area contributed by atoms with Crippen molar-refractivity contribution in [2.45, 2.75) is 50.1 Å². The predicted molar refractivity (Wildman–Crippen MR) is 167 cm³/mol. The fraction of sp³-hybridized carbons (Fsp3) is 0.211. The first kappa shape index (κ1) is 23.4. The summed E-state index contributed by atoms with van der Waals surface area (Å²) in [6.07, 6.45) is 14.5. The third kappa shape index (κ3) is 3.89. The molecule has 2 heteroatoms. The molecule has 4 aromatic rings. The molecular formula is C38H32N2. The predicted octanol–water partition coefficient (Wildman–Crippen LogP) is 9.07. The Balaban J connectivity index is 1.12. The van der Waals surface area contributed by atoms with Crippen LogP contribution in [0.25, 0.3) is 11.1 Å². The average Bonchev–Trinajstić information content (AvgIpc) is 3.80. The first-order valence-electron chi connectivity index (χ1n) is 14.6. The molecule has 0 aromatic heterocycles. The molecule has 40 heavy (non-hydrogen) atoms. The van der Waals surface area contributed by atoms with E-state index in [0.29, 0.717) is 12.0 Å². The minimum absolute atomic E-state index is 0.150. The van der Waals surface area contributed by atoms with E-state index >= 15 is 0 Å². The molecule has 0 spiro atoms. The van der Waals surface area contributed by atoms with Crippen LogP contribution in [0.1, 0.15) is 48.3 Å². The lowest BCUT2D eigenvalue weighted by Crippen LogP contribution is -2.29. The van der Waals surface area contributed by atoms with E-state index < -0.39 is 0 Å². The monoisotopic (exact) mass is 516 g/mol. The van der Waals surface area contributed by atoms with Gasteiger partial charge < -0.3 is 9.80 Å². The Labute approximate surface area is 237 Å². The topological polar surface area (TPSA) is 6.48 Å². The van der Waals surface area contributed by atoms with Gasteiger partial charge in [0.1, 0.15) is 0 Å². The number of allylic oxidation sites excluding steroid dienone is 2. The van der Waals surface area contributed by atoms with Crippen LogP contribution in [-0.4, -0.2) is 12.1 Å². The lowest BCUT2D eigenvalue weighted by atomic mass is 9.86. The minimum atomic E-state index is 0.150. The maximum Gasteiger partial charge on any atom is 0.0987 e. The second kappa shape index (κ2) is 9.61. The van der Waals surface area contributed by atoms with E-state index in [1.807, 2.05) is 0 Å². The summed E-state index contributed by atoms with van der Waals surface area (Å²) in [6.45, 7) is 0. The summed E-state index contributed by atoms with van der Waals surface area (Å²) in [5.74, 6) is 7.48. The second-order valence-electron chi connectivity index (χ2n) is 11.3. The SMILES string of the molecule is C1#CC(N(c2ccccc2)c2ccc(-c3ccc(N4c5ccccc5C5CCC=CC54)cc3)c3c2C3)CC=CC1. The molecule has 0 fully saturated rings. The van der Waals surface area contributed by atoms with Crippen LogP contribution in [0.15, 0.2) is 115 Å². The summed E-state index contributed by atoms with van der Waals surface area (Å²) in [6, 6.07) is 34.3. The number of rotatable bonds is 5. The Morgan fingerprint density at radius 2 is 1.62 bits per heavy atom. The van der Waals surface area contributed by atoms with Crippen molar-refractivity contribution >= 4 is 22.7 Å². The number of para-hydroxylation sites is 2. The smallest absolute Gasteiger partial charge is 0.0987 e. The quantitative estimate of drug-likeness (QED) is 0.170. The molecule has 0 N–H and O–H groups in total. The summed E-state index contributed by atoms with van der Waals surface area (Å²) >= 11 is 0. The van der Waals surface area contributed by atoms with E-state index in [1.54, 1.807) is 0 Å². The molecule has 0 amide bonds. The summed E-state index contributed by atoms with van der Waals surface area (Å²) < 4.78 is 0. The van der Waals surface area contributed by atoms with Gasteiger partial charge in [-0.2, -0.15) is 0 Å². The first-order chi connectivity index (χ1) is 19.9. The van der Waals surface area contributed by atoms with Crippen molar-refractivity contribution in [3.63, 3.8) is 0 Å². The van der Waals surface area contributed by atoms with Crippen LogP contribution in [0.3, 0.4) is 0 Å². The summed E-state index contributed by atoms with van der Waals surface area (Å²) in [7, 11) is 0. The van der Waals surface area contributed by atoms with Gasteiger partial charge in [-0.05, 0) is 83.5 Å². The van der Waals surface area contributed by atoms with E-state index in [4.69, 9.17) is 0 Å². The van der Waals surface area contributed by atoms with Crippen molar-refractivity contribution in [1.82, 2.24) is 0 Å². The zero-order valence-electron chi connectivity index (χ0n) is 22.6. The summed E-state index contributed by atoms with van der Waals surface area (Å²) in [5.41, 5.74) is 12.3. The Bertz CT molecular complexity index is 1700. The number of nitrogens with zero attached hydrogens (tertiary/aromatic N) is 2. The van der Waals surface area contributed by atoms with Crippen molar-refractivity contribution in [3.05, 3.63) is 132 Å². The van der Waals surface area contributed by atoms with Gasteiger partial charge >= 0.3 is 0 Å². The number of fused-ring (bicyclic) bond motifs is 4. The standard InChI is InChI=1S/C38H32N2/c1-2-5-13-28(12-4-1)39(29-14-6-3-7-15-29)38-25-24-31(34-26-35(34)38)27-20-22-30(23-21-27)40-36-18-10-8-16-32(36)33-17-9-11-19-37(33)40/h1,3-4,6-8,10-11,14-16,18-25,28,33,37H,2,9,12,17,26H2. The maximum atomic E-state index is 3.54. The lowest BCUT2D eigenvalue weighted by Gasteiger charge is -2.30. The van der Waals surface area contributed by atoms with Crippen molar-refractivity contribution in [2.75, 3.05) is 9.80 Å². The highest BCUT2D eigenvalue weighted by Gasteiger charge is 2.38. The molecule has 2 nitrogen and oxygen atoms in total. The van der Waals surface area contributed by atoms with Gasteiger partial charge in [0, 0.05) is 41.5 Å². The zero-order valence-corrected chi connectivity index (χ0v) is 22.6. The summed E-state index contributed by atoms with van der Waals surface area (Å²) in [4.78, 5) is 5.01. The number of anilines is 4. The molecule has 4 aliphatic rings. The van der Waals surface area contributed by atoms with Crippen molar-refractivity contribution in [3.8, 4) is 23.0 Å². The minimum Gasteiger partial charge on any atom is -0.334 e. The Morgan fingerprint density at radius 3 is 2.52 bits per heavy atom. The molecule has 4 aromatic carbocycles. The number of hydrogen-bond acceptors (Lipinski definition) is 2. The van der Waals surface area contributed by atoms with Crippen molar-refractivity contribution in [2.24, 2.45) is 0 Å². The van der Waals surface area contributed by atoms with E-state index in [1.165, 1.54) is 63.4 Å². The molecule has 0 bridgehead atoms. The van der Waals surface area contributed by atoms with E-state index in [2.05, 4.69) is 137 Å².